The second kappa shape index (κ2) is 10.9. The molecule has 0 fully saturated rings. The number of hydrogen-bond acceptors (Lipinski definition) is 0. The molecular weight excluding hydrogens is 370 g/mol. The van der Waals surface area contributed by atoms with Crippen molar-refractivity contribution in [3.63, 3.8) is 0 Å². The summed E-state index contributed by atoms with van der Waals surface area (Å²) in [5.74, 6) is 0. The van der Waals surface area contributed by atoms with E-state index in [1.807, 2.05) is 6.07 Å². The van der Waals surface area contributed by atoms with Gasteiger partial charge in [0, 0.05) is 9.52 Å². The van der Waals surface area contributed by atoms with Crippen molar-refractivity contribution < 1.29 is 51.0 Å². The topological polar surface area (TPSA) is 0 Å². The maximum Gasteiger partial charge on any atom is 3.00 e. The van der Waals surface area contributed by atoms with Crippen molar-refractivity contribution >= 4 is 9.52 Å². The Morgan fingerprint density at radius 1 is 0.947 bits per heavy atom. The molecule has 0 saturated carbocycles. The second-order valence-electron chi connectivity index (χ2n) is 3.97. The van der Waals surface area contributed by atoms with Crippen LogP contribution < -0.4 is 24.8 Å². The average Bonchev–Trinajstić information content (AvgIpc) is 2.68. The van der Waals surface area contributed by atoms with Crippen LogP contribution >= 0.6 is 0 Å². The van der Waals surface area contributed by atoms with E-state index in [4.69, 9.17) is 0 Å². The van der Waals surface area contributed by atoms with Crippen LogP contribution in [0.2, 0.25) is 13.1 Å². The van der Waals surface area contributed by atoms with E-state index in [1.165, 1.54) is 22.3 Å². The van der Waals surface area contributed by atoms with Gasteiger partial charge in [0.25, 0.3) is 0 Å². The fourth-order valence-electron chi connectivity index (χ4n) is 2.00. The molecule has 3 rings (SSSR count). The Morgan fingerprint density at radius 3 is 2.21 bits per heavy atom. The Balaban J connectivity index is 0. The van der Waals surface area contributed by atoms with Gasteiger partial charge >= 0.3 is 26.2 Å². The molecule has 0 aliphatic heterocycles. The minimum Gasteiger partial charge on any atom is -1.00 e. The first-order valence-corrected chi connectivity index (χ1v) is 7.99. The van der Waals surface area contributed by atoms with Gasteiger partial charge in [-0.2, -0.15) is 29.8 Å². The van der Waals surface area contributed by atoms with Gasteiger partial charge < -0.3 is 24.8 Å². The number of hydrogen-bond donors (Lipinski definition) is 0. The van der Waals surface area contributed by atoms with Gasteiger partial charge in [0.15, 0.2) is 0 Å². The summed E-state index contributed by atoms with van der Waals surface area (Å²) in [6, 6.07) is 18.1. The van der Waals surface area contributed by atoms with Crippen LogP contribution in [0.4, 0.5) is 0 Å². The molecule has 1 aliphatic rings. The molecule has 0 bridgehead atoms. The van der Waals surface area contributed by atoms with E-state index in [9.17, 15) is 0 Å². The van der Waals surface area contributed by atoms with Gasteiger partial charge in [-0.15, -0.1) is 5.56 Å². The quantitative estimate of drug-likeness (QED) is 0.298. The molecule has 0 N–H and O–H groups in total. The molecule has 98 valence electrons. The van der Waals surface area contributed by atoms with Crippen molar-refractivity contribution in [3.8, 4) is 11.1 Å². The summed E-state index contributed by atoms with van der Waals surface area (Å²) < 4.78 is 0. The third kappa shape index (κ3) is 5.19. The van der Waals surface area contributed by atoms with Gasteiger partial charge in [-0.25, -0.2) is 0 Å². The van der Waals surface area contributed by atoms with Gasteiger partial charge in [0.1, 0.15) is 0 Å². The summed E-state index contributed by atoms with van der Waals surface area (Å²) in [4.78, 5) is 0. The molecule has 0 unspecified atom stereocenters. The van der Waals surface area contributed by atoms with Gasteiger partial charge in [0.2, 0.25) is 0 Å². The SMILES string of the molecule is C[SiH]C.[Cl-].[Cl-].[Zr+3].[c-]1cccc2c1Cc1ccccc1-2. The molecule has 0 heterocycles. The molecule has 0 saturated heterocycles. The summed E-state index contributed by atoms with van der Waals surface area (Å²) >= 11 is 0. The minimum atomic E-state index is 0. The number of benzene rings is 2. The largest absolute Gasteiger partial charge is 3.00 e. The molecule has 0 atom stereocenters. The summed E-state index contributed by atoms with van der Waals surface area (Å²) in [7, 11) is 0.750. The van der Waals surface area contributed by atoms with Crippen LogP contribution in [0.5, 0.6) is 0 Å². The molecule has 2 aromatic rings. The summed E-state index contributed by atoms with van der Waals surface area (Å²) in [6.07, 6.45) is 1.05. The van der Waals surface area contributed by atoms with Crippen molar-refractivity contribution in [3.05, 3.63) is 59.7 Å². The Morgan fingerprint density at radius 2 is 1.53 bits per heavy atom. The van der Waals surface area contributed by atoms with E-state index in [0.29, 0.717) is 0 Å². The number of rotatable bonds is 0. The normalized spacial score (nSPS) is 9.37. The molecule has 19 heavy (non-hydrogen) atoms. The summed E-state index contributed by atoms with van der Waals surface area (Å²) in [5.41, 5.74) is 5.51. The van der Waals surface area contributed by atoms with Crippen LogP contribution in [0.3, 0.4) is 0 Å². The maximum atomic E-state index is 3.30. The average molecular weight is 387 g/mol. The van der Waals surface area contributed by atoms with Crippen LogP contribution in [0.25, 0.3) is 11.1 Å². The molecular formula is C15H16Cl2SiZr. The Labute approximate surface area is 150 Å². The Hall–Kier alpha value is 0.120. The summed E-state index contributed by atoms with van der Waals surface area (Å²) in [6.45, 7) is 4.42. The summed E-state index contributed by atoms with van der Waals surface area (Å²) in [5, 5.41) is 0. The third-order valence-electron chi connectivity index (χ3n) is 2.62. The Bertz CT molecular complexity index is 446. The number of halogens is 2. The van der Waals surface area contributed by atoms with Crippen molar-refractivity contribution in [2.75, 3.05) is 0 Å². The zero-order chi connectivity index (χ0) is 11.4. The van der Waals surface area contributed by atoms with Gasteiger partial charge in [-0.1, -0.05) is 48.5 Å². The molecule has 0 aromatic heterocycles. The maximum absolute atomic E-state index is 3.30. The van der Waals surface area contributed by atoms with Crippen molar-refractivity contribution in [1.82, 2.24) is 0 Å². The van der Waals surface area contributed by atoms with Gasteiger partial charge in [-0.05, 0) is 6.42 Å². The van der Waals surface area contributed by atoms with Crippen molar-refractivity contribution in [2.45, 2.75) is 19.5 Å². The first-order chi connectivity index (χ1) is 7.86. The molecule has 2 radical (unpaired) electrons. The van der Waals surface area contributed by atoms with Gasteiger partial charge in [-0.3, -0.25) is 0 Å². The Kier molecular flexibility index (Phi) is 12.2. The minimum absolute atomic E-state index is 0. The van der Waals surface area contributed by atoms with Crippen molar-refractivity contribution in [2.24, 2.45) is 0 Å². The third-order valence-corrected chi connectivity index (χ3v) is 2.62. The van der Waals surface area contributed by atoms with Crippen LogP contribution in [0, 0.1) is 6.07 Å². The van der Waals surface area contributed by atoms with Gasteiger partial charge in [0.05, 0.1) is 0 Å². The second-order valence-corrected chi connectivity index (χ2v) is 5.13. The molecule has 1 aliphatic carbocycles. The number of fused-ring (bicyclic) bond motifs is 3. The molecule has 2 aromatic carbocycles. The first-order valence-electron chi connectivity index (χ1n) is 5.68. The monoisotopic (exact) mass is 384 g/mol. The fourth-order valence-corrected chi connectivity index (χ4v) is 2.00. The van der Waals surface area contributed by atoms with E-state index < -0.39 is 0 Å². The van der Waals surface area contributed by atoms with E-state index >= 15 is 0 Å². The van der Waals surface area contributed by atoms with Crippen molar-refractivity contribution in [1.29, 1.82) is 0 Å². The standard InChI is InChI=1S/C13H9.C2H7Si.2ClH.Zr/c1-3-7-12-10(5-1)9-11-6-2-4-8-13(11)12;1-3-2;;;/h1-5,7-8H,9H2;3H,1-2H3;2*1H;/q-1;;;;+3/p-2. The molecule has 0 nitrogen and oxygen atoms in total. The van der Waals surface area contributed by atoms with E-state index in [0.717, 1.165) is 15.9 Å². The van der Waals surface area contributed by atoms with E-state index in [1.54, 1.807) is 0 Å². The van der Waals surface area contributed by atoms with Crippen LogP contribution in [-0.4, -0.2) is 9.52 Å². The zero-order valence-electron chi connectivity index (χ0n) is 11.1. The molecule has 4 heteroatoms. The van der Waals surface area contributed by atoms with Crippen LogP contribution in [0.1, 0.15) is 11.1 Å². The zero-order valence-corrected chi connectivity index (χ0v) is 16.2. The van der Waals surface area contributed by atoms with Crippen LogP contribution in [-0.2, 0) is 32.6 Å². The van der Waals surface area contributed by atoms with E-state index in [-0.39, 0.29) is 51.0 Å². The predicted molar refractivity (Wildman–Crippen MR) is 72.4 cm³/mol. The van der Waals surface area contributed by atoms with Crippen LogP contribution in [0.15, 0.2) is 42.5 Å². The fraction of sp³-hybridized carbons (Fsp3) is 0.200. The van der Waals surface area contributed by atoms with E-state index in [2.05, 4.69) is 55.6 Å². The smallest absolute Gasteiger partial charge is 1.00 e. The predicted octanol–water partition coefficient (Wildman–Crippen LogP) is -2.42. The first kappa shape index (κ1) is 21.4. The molecule has 0 spiro atoms. The molecule has 0 amide bonds.